The van der Waals surface area contributed by atoms with Gasteiger partial charge >= 0.3 is 29.6 Å². The van der Waals surface area contributed by atoms with Gasteiger partial charge in [-0.15, -0.1) is 0 Å². The van der Waals surface area contributed by atoms with E-state index in [4.69, 9.17) is 15.2 Å². The van der Waals surface area contributed by atoms with Gasteiger partial charge in [0.05, 0.1) is 0 Å². The summed E-state index contributed by atoms with van der Waals surface area (Å²) in [5.41, 5.74) is 0. The van der Waals surface area contributed by atoms with E-state index in [2.05, 4.69) is 0 Å². The first-order valence-corrected chi connectivity index (χ1v) is 1.43. The molecule has 0 aliphatic heterocycles. The normalized spacial score (nSPS) is 4.29. The van der Waals surface area contributed by atoms with Crippen molar-refractivity contribution >= 4 is 29.6 Å². The van der Waals surface area contributed by atoms with Gasteiger partial charge in [-0.2, -0.15) is 0 Å². The Hall–Kier alpha value is 0.360. The second kappa shape index (κ2) is 32.8. The molecule has 0 bridgehead atoms. The molecule has 0 amide bonds. The van der Waals surface area contributed by atoms with Gasteiger partial charge in [0, 0.05) is 11.9 Å². The summed E-state index contributed by atoms with van der Waals surface area (Å²) in [5, 5.41) is 15.9. The SMILES string of the molecule is CCO.O=[NH+][O-].[NaH]. The van der Waals surface area contributed by atoms with E-state index in [0.29, 0.717) is 0 Å². The van der Waals surface area contributed by atoms with Crippen molar-refractivity contribution in [2.24, 2.45) is 0 Å². The summed E-state index contributed by atoms with van der Waals surface area (Å²) in [4.78, 5) is 8.12. The maximum atomic E-state index is 8.12. The maximum absolute atomic E-state index is 8.12. The Morgan fingerprint density at radius 3 is 1.86 bits per heavy atom. The summed E-state index contributed by atoms with van der Waals surface area (Å²) >= 11 is 0. The van der Waals surface area contributed by atoms with Gasteiger partial charge in [-0.3, -0.25) is 10.1 Å². The third-order valence-electron chi connectivity index (χ3n) is 0. The van der Waals surface area contributed by atoms with Crippen molar-refractivity contribution in [3.63, 3.8) is 0 Å². The van der Waals surface area contributed by atoms with E-state index >= 15 is 0 Å². The molecule has 0 spiro atoms. The zero-order valence-corrected chi connectivity index (χ0v) is 3.47. The van der Waals surface area contributed by atoms with E-state index in [-0.39, 0.29) is 41.5 Å². The summed E-state index contributed by atoms with van der Waals surface area (Å²) in [6.45, 7) is 1.93. The Morgan fingerprint density at radius 1 is 1.86 bits per heavy atom. The average molecular weight is 117 g/mol. The van der Waals surface area contributed by atoms with Gasteiger partial charge in [0.15, 0.2) is 0 Å². The van der Waals surface area contributed by atoms with E-state index in [1.165, 1.54) is 0 Å². The first-order valence-electron chi connectivity index (χ1n) is 1.43. The number of rotatable bonds is 0. The zero-order chi connectivity index (χ0) is 5.41. The third kappa shape index (κ3) is 933. The van der Waals surface area contributed by atoms with E-state index < -0.39 is 0 Å². The molecule has 0 aromatic rings. The topological polar surface area (TPSA) is 74.3 Å². The molecule has 7 heavy (non-hydrogen) atoms. The van der Waals surface area contributed by atoms with Crippen LogP contribution in [0.4, 0.5) is 0 Å². The molecule has 0 saturated carbocycles. The first-order chi connectivity index (χ1) is 2.83. The number of nitrogens with one attached hydrogen (secondary N) is 1. The Labute approximate surface area is 63.8 Å². The monoisotopic (exact) mass is 117 g/mol. The molecule has 0 radical (unpaired) electrons. The van der Waals surface area contributed by atoms with Crippen molar-refractivity contribution in [3.05, 3.63) is 10.1 Å². The average Bonchev–Trinajstić information content (AvgIpc) is 1.39. The fraction of sp³-hybridized carbons (Fsp3) is 1.00. The molecule has 2 N–H and O–H groups in total. The molecule has 0 fully saturated rings. The predicted molar refractivity (Wildman–Crippen MR) is 27.6 cm³/mol. The van der Waals surface area contributed by atoms with Gasteiger partial charge in [-0.1, -0.05) is 0 Å². The van der Waals surface area contributed by atoms with Crippen molar-refractivity contribution in [2.45, 2.75) is 6.92 Å². The summed E-state index contributed by atoms with van der Waals surface area (Å²) in [7, 11) is 0. The molecule has 0 unspecified atom stereocenters. The Balaban J connectivity index is -0.0000000400. The standard InChI is InChI=1S/C2H6O.HNO2.Na.H/c1-2-3;2-1-3;;/h3H,2H2,1H3;1H;;. The summed E-state index contributed by atoms with van der Waals surface area (Å²) in [5.74, 6) is 0. The molecule has 0 saturated heterocycles. The fourth-order valence-electron chi connectivity index (χ4n) is 0. The van der Waals surface area contributed by atoms with Crippen LogP contribution in [0.15, 0.2) is 0 Å². The van der Waals surface area contributed by atoms with Gasteiger partial charge in [-0.25, -0.2) is 0 Å². The van der Waals surface area contributed by atoms with Crippen LogP contribution in [0.5, 0.6) is 0 Å². The second-order valence-electron chi connectivity index (χ2n) is 0.400. The summed E-state index contributed by atoms with van der Waals surface area (Å²) in [6.07, 6.45) is 0. The van der Waals surface area contributed by atoms with Crippen LogP contribution in [-0.4, -0.2) is 41.3 Å². The number of aliphatic hydroxyl groups is 1. The molecular formula is C2H8NNaO3. The van der Waals surface area contributed by atoms with Crippen molar-refractivity contribution in [1.29, 1.82) is 0 Å². The number of aliphatic hydroxyl groups excluding tert-OH is 1. The Bertz CT molecular complexity index is 26.9. The van der Waals surface area contributed by atoms with E-state index in [1.807, 2.05) is 0 Å². The molecular weight excluding hydrogens is 109 g/mol. The van der Waals surface area contributed by atoms with E-state index in [1.54, 1.807) is 6.92 Å². The molecule has 0 atom stereocenters. The van der Waals surface area contributed by atoms with Gasteiger partial charge in [0.2, 0.25) is 0 Å². The van der Waals surface area contributed by atoms with Crippen LogP contribution in [0.3, 0.4) is 0 Å². The number of hydrogen-bond acceptors (Lipinski definition) is 3. The Morgan fingerprint density at radius 2 is 1.86 bits per heavy atom. The minimum absolute atomic E-state index is 0. The molecule has 0 aromatic carbocycles. The third-order valence-corrected chi connectivity index (χ3v) is 0. The summed E-state index contributed by atoms with van der Waals surface area (Å²) < 4.78 is 0. The fourth-order valence-corrected chi connectivity index (χ4v) is 0. The van der Waals surface area contributed by atoms with Crippen LogP contribution in [0.1, 0.15) is 6.92 Å². The summed E-state index contributed by atoms with van der Waals surface area (Å²) in [6, 6.07) is 0. The molecule has 0 aliphatic rings. The van der Waals surface area contributed by atoms with Crippen molar-refractivity contribution in [2.75, 3.05) is 6.61 Å². The second-order valence-corrected chi connectivity index (χ2v) is 0.400. The predicted octanol–water partition coefficient (Wildman–Crippen LogP) is -2.32. The minimum atomic E-state index is 0. The number of hydrogen-bond donors (Lipinski definition) is 2. The van der Waals surface area contributed by atoms with Gasteiger partial charge < -0.3 is 5.11 Å². The van der Waals surface area contributed by atoms with Gasteiger partial charge in [0.1, 0.15) is 0 Å². The van der Waals surface area contributed by atoms with E-state index in [9.17, 15) is 0 Å². The van der Waals surface area contributed by atoms with Crippen LogP contribution >= 0.6 is 0 Å². The molecule has 0 rings (SSSR count). The molecule has 0 aliphatic carbocycles. The van der Waals surface area contributed by atoms with Crippen molar-refractivity contribution < 1.29 is 10.4 Å². The quantitative estimate of drug-likeness (QED) is 0.212. The first kappa shape index (κ1) is 15.7. The molecule has 0 aromatic heterocycles. The molecule has 4 nitrogen and oxygen atoms in total. The van der Waals surface area contributed by atoms with Gasteiger partial charge in [-0.05, 0) is 6.92 Å². The van der Waals surface area contributed by atoms with Crippen molar-refractivity contribution in [3.8, 4) is 0 Å². The van der Waals surface area contributed by atoms with Crippen molar-refractivity contribution in [1.82, 2.24) is 0 Å². The van der Waals surface area contributed by atoms with E-state index in [0.717, 1.165) is 0 Å². The van der Waals surface area contributed by atoms with Crippen LogP contribution in [0.2, 0.25) is 0 Å². The van der Waals surface area contributed by atoms with Crippen LogP contribution in [0, 0.1) is 10.1 Å². The Kier molecular flexibility index (Phi) is 73.4. The van der Waals surface area contributed by atoms with Crippen LogP contribution in [0.25, 0.3) is 0 Å². The molecule has 0 heterocycles. The van der Waals surface area contributed by atoms with Gasteiger partial charge in [0.25, 0.3) is 0 Å². The zero-order valence-electron chi connectivity index (χ0n) is 3.47. The molecule has 5 heteroatoms. The van der Waals surface area contributed by atoms with Crippen LogP contribution < -0.4 is 5.34 Å². The van der Waals surface area contributed by atoms with Crippen LogP contribution in [-0.2, 0) is 0 Å². The molecule has 40 valence electrons.